The molecule has 2 nitrogen and oxygen atoms in total. The number of benzene rings is 1. The topological polar surface area (TPSA) is 23.3 Å². The molecule has 85 valence electrons. The molecule has 1 aromatic rings. The Labute approximate surface area is 97.3 Å². The van der Waals surface area contributed by atoms with Gasteiger partial charge in [0.05, 0.1) is 6.61 Å². The predicted octanol–water partition coefficient (Wildman–Crippen LogP) is 3.18. The average Bonchev–Trinajstić information content (AvgIpc) is 2.79. The highest BCUT2D eigenvalue weighted by atomic mass is 16.5. The first-order chi connectivity index (χ1) is 7.92. The Kier molecular flexibility index (Phi) is 3.86. The molecule has 0 saturated carbocycles. The van der Waals surface area contributed by atoms with Gasteiger partial charge in [-0.25, -0.2) is 0 Å². The second-order valence-corrected chi connectivity index (χ2v) is 3.97. The van der Waals surface area contributed by atoms with Gasteiger partial charge in [0.2, 0.25) is 0 Å². The predicted molar refractivity (Wildman–Crippen MR) is 65.8 cm³/mol. The largest absolute Gasteiger partial charge is 0.496 e. The van der Waals surface area contributed by atoms with E-state index in [1.807, 2.05) is 18.2 Å². The number of rotatable bonds is 5. The van der Waals surface area contributed by atoms with Crippen LogP contribution in [0.3, 0.4) is 0 Å². The molecule has 1 aliphatic rings. The number of unbranched alkanes of at least 4 members (excludes halogenated alkanes) is 1. The molecule has 1 aliphatic heterocycles. The molecule has 2 heteroatoms. The molecule has 2 rings (SSSR count). The second kappa shape index (κ2) is 5.59. The Bertz CT molecular complexity index is 356. The summed E-state index contributed by atoms with van der Waals surface area (Å²) in [7, 11) is 0. The lowest BCUT2D eigenvalue weighted by Gasteiger charge is -2.08. The van der Waals surface area contributed by atoms with Crippen LogP contribution in [-0.4, -0.2) is 13.2 Å². The SMILES string of the molecule is CCCCOC1=C(c2ccccc2)[N]CC1. The van der Waals surface area contributed by atoms with Gasteiger partial charge < -0.3 is 4.74 Å². The molecule has 1 radical (unpaired) electrons. The minimum Gasteiger partial charge on any atom is -0.496 e. The summed E-state index contributed by atoms with van der Waals surface area (Å²) in [5.41, 5.74) is 2.23. The van der Waals surface area contributed by atoms with Crippen molar-refractivity contribution in [2.45, 2.75) is 26.2 Å². The van der Waals surface area contributed by atoms with Crippen LogP contribution in [0, 0.1) is 0 Å². The Hall–Kier alpha value is -1.44. The Morgan fingerprint density at radius 3 is 2.81 bits per heavy atom. The Balaban J connectivity index is 2.08. The maximum Gasteiger partial charge on any atom is 0.124 e. The van der Waals surface area contributed by atoms with E-state index in [4.69, 9.17) is 4.74 Å². The van der Waals surface area contributed by atoms with Gasteiger partial charge in [-0.2, -0.15) is 0 Å². The summed E-state index contributed by atoms with van der Waals surface area (Å²) in [6, 6.07) is 10.3. The maximum absolute atomic E-state index is 5.80. The van der Waals surface area contributed by atoms with Crippen molar-refractivity contribution in [1.29, 1.82) is 0 Å². The van der Waals surface area contributed by atoms with Crippen LogP contribution >= 0.6 is 0 Å². The molecule has 0 bridgehead atoms. The lowest BCUT2D eigenvalue weighted by molar-refractivity contribution is 0.204. The van der Waals surface area contributed by atoms with Gasteiger partial charge in [0, 0.05) is 18.5 Å². The molecule has 0 saturated heterocycles. The summed E-state index contributed by atoms with van der Waals surface area (Å²) in [6.07, 6.45) is 3.24. The summed E-state index contributed by atoms with van der Waals surface area (Å²) in [4.78, 5) is 0. The third-order valence-electron chi connectivity index (χ3n) is 2.69. The molecule has 16 heavy (non-hydrogen) atoms. The van der Waals surface area contributed by atoms with E-state index < -0.39 is 0 Å². The highest BCUT2D eigenvalue weighted by Gasteiger charge is 2.18. The summed E-state index contributed by atoms with van der Waals surface area (Å²) in [5, 5.41) is 4.52. The third-order valence-corrected chi connectivity index (χ3v) is 2.69. The minimum absolute atomic E-state index is 0.817. The second-order valence-electron chi connectivity index (χ2n) is 3.97. The zero-order chi connectivity index (χ0) is 11.2. The number of nitrogens with zero attached hydrogens (tertiary/aromatic N) is 1. The van der Waals surface area contributed by atoms with Crippen molar-refractivity contribution in [3.63, 3.8) is 0 Å². The summed E-state index contributed by atoms with van der Waals surface area (Å²) in [5.74, 6) is 1.07. The third kappa shape index (κ3) is 2.57. The summed E-state index contributed by atoms with van der Waals surface area (Å²) < 4.78 is 5.80. The normalized spacial score (nSPS) is 15.1. The van der Waals surface area contributed by atoms with Gasteiger partial charge in [0.25, 0.3) is 0 Å². The molecular weight excluding hydrogens is 198 g/mol. The quantitative estimate of drug-likeness (QED) is 0.693. The summed E-state index contributed by atoms with van der Waals surface area (Å²) in [6.45, 7) is 3.86. The van der Waals surface area contributed by atoms with Crippen LogP contribution < -0.4 is 5.32 Å². The van der Waals surface area contributed by atoms with Crippen LogP contribution in [0.4, 0.5) is 0 Å². The number of hydrogen-bond donors (Lipinski definition) is 0. The first-order valence-corrected chi connectivity index (χ1v) is 6.00. The highest BCUT2D eigenvalue weighted by Crippen LogP contribution is 2.25. The van der Waals surface area contributed by atoms with Crippen molar-refractivity contribution in [2.75, 3.05) is 13.2 Å². The number of ether oxygens (including phenoxy) is 1. The molecule has 0 aliphatic carbocycles. The molecule has 0 spiro atoms. The van der Waals surface area contributed by atoms with Crippen LogP contribution in [0.1, 0.15) is 31.7 Å². The zero-order valence-electron chi connectivity index (χ0n) is 9.78. The van der Waals surface area contributed by atoms with E-state index in [9.17, 15) is 0 Å². The van der Waals surface area contributed by atoms with E-state index >= 15 is 0 Å². The van der Waals surface area contributed by atoms with Gasteiger partial charge in [-0.3, -0.25) is 5.32 Å². The monoisotopic (exact) mass is 216 g/mol. The van der Waals surface area contributed by atoms with Crippen LogP contribution in [0.15, 0.2) is 36.1 Å². The smallest absolute Gasteiger partial charge is 0.124 e. The fraction of sp³-hybridized carbons (Fsp3) is 0.429. The maximum atomic E-state index is 5.80. The van der Waals surface area contributed by atoms with Crippen molar-refractivity contribution < 1.29 is 4.74 Å². The van der Waals surface area contributed by atoms with Gasteiger partial charge in [0.1, 0.15) is 11.5 Å². The van der Waals surface area contributed by atoms with E-state index in [0.717, 1.165) is 37.4 Å². The van der Waals surface area contributed by atoms with Gasteiger partial charge in [-0.15, -0.1) is 0 Å². The van der Waals surface area contributed by atoms with E-state index in [2.05, 4.69) is 24.4 Å². The van der Waals surface area contributed by atoms with Crippen molar-refractivity contribution in [2.24, 2.45) is 0 Å². The average molecular weight is 216 g/mol. The summed E-state index contributed by atoms with van der Waals surface area (Å²) >= 11 is 0. The van der Waals surface area contributed by atoms with E-state index in [1.54, 1.807) is 0 Å². The Morgan fingerprint density at radius 2 is 2.06 bits per heavy atom. The first kappa shape index (κ1) is 11.1. The molecule has 0 N–H and O–H groups in total. The molecule has 0 fully saturated rings. The van der Waals surface area contributed by atoms with Crippen molar-refractivity contribution in [3.05, 3.63) is 41.7 Å². The van der Waals surface area contributed by atoms with Crippen LogP contribution in [0.5, 0.6) is 0 Å². The van der Waals surface area contributed by atoms with Crippen molar-refractivity contribution in [3.8, 4) is 0 Å². The molecule has 1 heterocycles. The van der Waals surface area contributed by atoms with Gasteiger partial charge in [-0.1, -0.05) is 43.7 Å². The van der Waals surface area contributed by atoms with Gasteiger partial charge in [0.15, 0.2) is 0 Å². The minimum atomic E-state index is 0.817. The first-order valence-electron chi connectivity index (χ1n) is 6.00. The molecule has 0 unspecified atom stereocenters. The molecule has 1 aromatic carbocycles. The Morgan fingerprint density at radius 1 is 1.25 bits per heavy atom. The number of hydrogen-bond acceptors (Lipinski definition) is 1. The fourth-order valence-corrected chi connectivity index (χ4v) is 1.80. The van der Waals surface area contributed by atoms with Gasteiger partial charge >= 0.3 is 0 Å². The molecule has 0 atom stereocenters. The lowest BCUT2D eigenvalue weighted by atomic mass is 10.1. The fourth-order valence-electron chi connectivity index (χ4n) is 1.80. The van der Waals surface area contributed by atoms with Crippen LogP contribution in [0.25, 0.3) is 5.70 Å². The highest BCUT2D eigenvalue weighted by molar-refractivity contribution is 5.67. The van der Waals surface area contributed by atoms with E-state index in [-0.39, 0.29) is 0 Å². The van der Waals surface area contributed by atoms with E-state index in [1.165, 1.54) is 12.0 Å². The van der Waals surface area contributed by atoms with Crippen molar-refractivity contribution in [1.82, 2.24) is 5.32 Å². The van der Waals surface area contributed by atoms with E-state index in [0.29, 0.717) is 0 Å². The van der Waals surface area contributed by atoms with Crippen LogP contribution in [-0.2, 0) is 4.74 Å². The zero-order valence-corrected chi connectivity index (χ0v) is 9.78. The lowest BCUT2D eigenvalue weighted by Crippen LogP contribution is -1.98. The standard InChI is InChI=1S/C14H18NO/c1-2-3-11-16-13-9-10-15-14(13)12-7-5-4-6-8-12/h4-8H,2-3,9-11H2,1H3. The van der Waals surface area contributed by atoms with Gasteiger partial charge in [-0.05, 0) is 6.42 Å². The molecular formula is C14H18NO. The van der Waals surface area contributed by atoms with Crippen LogP contribution in [0.2, 0.25) is 0 Å². The van der Waals surface area contributed by atoms with Crippen molar-refractivity contribution >= 4 is 5.70 Å². The molecule has 0 aromatic heterocycles. The molecule has 0 amide bonds.